The van der Waals surface area contributed by atoms with E-state index in [2.05, 4.69) is 15.9 Å². The molecule has 3 aromatic rings. The van der Waals surface area contributed by atoms with E-state index in [9.17, 15) is 4.79 Å². The molecule has 0 N–H and O–H groups in total. The monoisotopic (exact) mass is 429 g/mol. The predicted molar refractivity (Wildman–Crippen MR) is 110 cm³/mol. The van der Waals surface area contributed by atoms with Gasteiger partial charge in [0.1, 0.15) is 5.75 Å². The Morgan fingerprint density at radius 2 is 1.63 bits per heavy atom. The third kappa shape index (κ3) is 4.34. The predicted octanol–water partition coefficient (Wildman–Crippen LogP) is 4.66. The number of carbonyl (C=O) groups is 1. The molecular weight excluding hydrogens is 410 g/mol. The molecule has 0 aliphatic rings. The Morgan fingerprint density at radius 3 is 2.37 bits per heavy atom. The summed E-state index contributed by atoms with van der Waals surface area (Å²) in [4.78, 5) is 14.0. The van der Waals surface area contributed by atoms with Crippen molar-refractivity contribution in [1.82, 2.24) is 0 Å². The van der Waals surface area contributed by atoms with Crippen molar-refractivity contribution in [3.63, 3.8) is 0 Å². The van der Waals surface area contributed by atoms with Crippen LogP contribution in [0.4, 0.5) is 5.69 Å². The van der Waals surface area contributed by atoms with Gasteiger partial charge in [0, 0.05) is 23.3 Å². The van der Waals surface area contributed by atoms with E-state index < -0.39 is 0 Å². The van der Waals surface area contributed by atoms with Gasteiger partial charge in [-0.15, -0.1) is 0 Å². The first-order chi connectivity index (χ1) is 13.0. The van der Waals surface area contributed by atoms with Crippen molar-refractivity contribution in [1.29, 1.82) is 0 Å². The molecule has 0 aromatic heterocycles. The fourth-order valence-corrected chi connectivity index (χ4v) is 3.08. The molecule has 0 atom stereocenters. The Balaban J connectivity index is 1.69. The molecule has 5 nitrogen and oxygen atoms in total. The fraction of sp³-hybridized carbons (Fsp3) is 0.190. The van der Waals surface area contributed by atoms with Crippen molar-refractivity contribution in [3.8, 4) is 17.2 Å². The molecule has 0 saturated heterocycles. The number of likely N-dealkylation sites (N-methyl/N-ethyl adjacent to an activating group) is 1. The van der Waals surface area contributed by atoms with Crippen LogP contribution in [0.25, 0.3) is 10.8 Å². The first kappa shape index (κ1) is 19.0. The van der Waals surface area contributed by atoms with Gasteiger partial charge in [0.2, 0.25) is 0 Å². The molecule has 3 rings (SSSR count). The number of amides is 1. The second kappa shape index (κ2) is 8.31. The minimum absolute atomic E-state index is 0.0626. The molecule has 0 bridgehead atoms. The summed E-state index contributed by atoms with van der Waals surface area (Å²) >= 11 is 3.46. The standard InChI is InChI=1S/C21H20BrNO4/c1-23(17-7-9-19(25-2)20(12-17)26-3)21(24)13-27-18-8-5-14-10-16(22)6-4-15(14)11-18/h4-12H,13H2,1-3H3. The first-order valence-corrected chi connectivity index (χ1v) is 9.12. The van der Waals surface area contributed by atoms with Crippen LogP contribution in [0.3, 0.4) is 0 Å². The van der Waals surface area contributed by atoms with Crippen LogP contribution in [0.1, 0.15) is 0 Å². The topological polar surface area (TPSA) is 48.0 Å². The molecule has 0 aliphatic heterocycles. The highest BCUT2D eigenvalue weighted by Gasteiger charge is 2.14. The Hall–Kier alpha value is -2.73. The zero-order valence-electron chi connectivity index (χ0n) is 15.4. The number of methoxy groups -OCH3 is 2. The summed E-state index contributed by atoms with van der Waals surface area (Å²) < 4.78 is 17.2. The van der Waals surface area contributed by atoms with Crippen LogP contribution >= 0.6 is 15.9 Å². The molecule has 0 spiro atoms. The molecule has 0 radical (unpaired) electrons. The Kier molecular flexibility index (Phi) is 5.86. The highest BCUT2D eigenvalue weighted by Crippen LogP contribution is 2.31. The summed E-state index contributed by atoms with van der Waals surface area (Å²) in [5.74, 6) is 1.66. The number of carbonyl (C=O) groups excluding carboxylic acids is 1. The fourth-order valence-electron chi connectivity index (χ4n) is 2.70. The largest absolute Gasteiger partial charge is 0.493 e. The average molecular weight is 430 g/mol. The van der Waals surface area contributed by atoms with Gasteiger partial charge < -0.3 is 19.1 Å². The molecule has 6 heteroatoms. The Morgan fingerprint density at radius 1 is 0.926 bits per heavy atom. The Labute approximate surface area is 166 Å². The summed E-state index contributed by atoms with van der Waals surface area (Å²) in [7, 11) is 4.83. The number of rotatable bonds is 6. The molecule has 27 heavy (non-hydrogen) atoms. The van der Waals surface area contributed by atoms with E-state index in [4.69, 9.17) is 14.2 Å². The molecular formula is C21H20BrNO4. The lowest BCUT2D eigenvalue weighted by Gasteiger charge is -2.19. The quantitative estimate of drug-likeness (QED) is 0.571. The maximum Gasteiger partial charge on any atom is 0.264 e. The van der Waals surface area contributed by atoms with Crippen molar-refractivity contribution in [3.05, 3.63) is 59.1 Å². The lowest BCUT2D eigenvalue weighted by molar-refractivity contribution is -0.120. The third-order valence-electron chi connectivity index (χ3n) is 4.26. The van der Waals surface area contributed by atoms with Crippen molar-refractivity contribution in [2.24, 2.45) is 0 Å². The first-order valence-electron chi connectivity index (χ1n) is 8.32. The van der Waals surface area contributed by atoms with E-state index in [1.165, 1.54) is 4.90 Å². The Bertz CT molecular complexity index is 974. The van der Waals surface area contributed by atoms with Gasteiger partial charge >= 0.3 is 0 Å². The zero-order chi connectivity index (χ0) is 19.4. The van der Waals surface area contributed by atoms with E-state index in [1.807, 2.05) is 36.4 Å². The number of anilines is 1. The maximum atomic E-state index is 12.5. The second-order valence-electron chi connectivity index (χ2n) is 5.93. The van der Waals surface area contributed by atoms with Gasteiger partial charge in [0.15, 0.2) is 18.1 Å². The summed E-state index contributed by atoms with van der Waals surface area (Å²) in [6.07, 6.45) is 0. The van der Waals surface area contributed by atoms with Gasteiger partial charge in [-0.1, -0.05) is 28.1 Å². The van der Waals surface area contributed by atoms with Crippen LogP contribution < -0.4 is 19.1 Å². The normalized spacial score (nSPS) is 10.5. The third-order valence-corrected chi connectivity index (χ3v) is 4.76. The number of nitrogens with zero attached hydrogens (tertiary/aromatic N) is 1. The van der Waals surface area contributed by atoms with Crippen molar-refractivity contribution in [2.75, 3.05) is 32.8 Å². The maximum absolute atomic E-state index is 12.5. The van der Waals surface area contributed by atoms with Crippen LogP contribution in [0.15, 0.2) is 59.1 Å². The van der Waals surface area contributed by atoms with Crippen LogP contribution in [0.5, 0.6) is 17.2 Å². The highest BCUT2D eigenvalue weighted by molar-refractivity contribution is 9.10. The van der Waals surface area contributed by atoms with E-state index in [0.717, 1.165) is 15.2 Å². The molecule has 0 unspecified atom stereocenters. The van der Waals surface area contributed by atoms with Crippen LogP contribution in [0, 0.1) is 0 Å². The lowest BCUT2D eigenvalue weighted by Crippen LogP contribution is -2.31. The van der Waals surface area contributed by atoms with Gasteiger partial charge in [-0.2, -0.15) is 0 Å². The number of hydrogen-bond donors (Lipinski definition) is 0. The number of hydrogen-bond acceptors (Lipinski definition) is 4. The minimum atomic E-state index is -0.168. The van der Waals surface area contributed by atoms with Gasteiger partial charge in [-0.3, -0.25) is 4.79 Å². The molecule has 1 amide bonds. The summed E-state index contributed by atoms with van der Waals surface area (Å²) in [6.45, 7) is -0.0626. The highest BCUT2D eigenvalue weighted by atomic mass is 79.9. The molecule has 140 valence electrons. The molecule has 3 aromatic carbocycles. The van der Waals surface area contributed by atoms with Crippen LogP contribution in [-0.4, -0.2) is 33.8 Å². The molecule has 0 saturated carbocycles. The van der Waals surface area contributed by atoms with Gasteiger partial charge in [0.05, 0.1) is 14.2 Å². The number of halogens is 1. The number of fused-ring (bicyclic) bond motifs is 1. The van der Waals surface area contributed by atoms with Gasteiger partial charge in [0.25, 0.3) is 5.91 Å². The summed E-state index contributed by atoms with van der Waals surface area (Å²) in [6, 6.07) is 17.1. The van der Waals surface area contributed by atoms with Crippen molar-refractivity contribution in [2.45, 2.75) is 0 Å². The van der Waals surface area contributed by atoms with Gasteiger partial charge in [-0.05, 0) is 47.2 Å². The number of benzene rings is 3. The summed E-state index contributed by atoms with van der Waals surface area (Å²) in [5.41, 5.74) is 0.699. The van der Waals surface area contributed by atoms with Crippen LogP contribution in [0.2, 0.25) is 0 Å². The van der Waals surface area contributed by atoms with E-state index in [0.29, 0.717) is 22.9 Å². The zero-order valence-corrected chi connectivity index (χ0v) is 16.9. The lowest BCUT2D eigenvalue weighted by atomic mass is 10.1. The van der Waals surface area contributed by atoms with Gasteiger partial charge in [-0.25, -0.2) is 0 Å². The van der Waals surface area contributed by atoms with Crippen molar-refractivity contribution < 1.29 is 19.0 Å². The van der Waals surface area contributed by atoms with E-state index in [1.54, 1.807) is 39.5 Å². The van der Waals surface area contributed by atoms with Crippen molar-refractivity contribution >= 4 is 38.3 Å². The average Bonchev–Trinajstić information content (AvgIpc) is 2.70. The van der Waals surface area contributed by atoms with E-state index >= 15 is 0 Å². The molecule has 0 heterocycles. The minimum Gasteiger partial charge on any atom is -0.493 e. The van der Waals surface area contributed by atoms with Crippen LogP contribution in [-0.2, 0) is 4.79 Å². The van der Waals surface area contributed by atoms with E-state index in [-0.39, 0.29) is 12.5 Å². The number of ether oxygens (including phenoxy) is 3. The SMILES string of the molecule is COc1ccc(N(C)C(=O)COc2ccc3cc(Br)ccc3c2)cc1OC. The molecule has 0 aliphatic carbocycles. The summed E-state index contributed by atoms with van der Waals surface area (Å²) in [5, 5.41) is 2.15. The second-order valence-corrected chi connectivity index (χ2v) is 6.85. The smallest absolute Gasteiger partial charge is 0.264 e. The molecule has 0 fully saturated rings.